The maximum absolute atomic E-state index is 15.9. The normalized spacial score (nSPS) is 36.0. The first-order valence-corrected chi connectivity index (χ1v) is 16.8. The van der Waals surface area contributed by atoms with Crippen molar-refractivity contribution in [2.24, 2.45) is 16.7 Å². The number of hydrogen-bond donors (Lipinski definition) is 0. The third-order valence-electron chi connectivity index (χ3n) is 9.35. The van der Waals surface area contributed by atoms with Crippen LogP contribution in [0, 0.1) is 62.1 Å². The fraction of sp³-hybridized carbons (Fsp3) is 0.267. The predicted octanol–water partition coefficient (Wildman–Crippen LogP) is 6.49. The molecule has 0 spiro atoms. The summed E-state index contributed by atoms with van der Waals surface area (Å²) in [4.78, 5) is -1.83. The highest BCUT2D eigenvalue weighted by Crippen LogP contribution is 2.90. The monoisotopic (exact) mass is 600 g/mol. The van der Waals surface area contributed by atoms with Gasteiger partial charge in [-0.15, -0.1) is 11.6 Å². The second-order valence-corrected chi connectivity index (χ2v) is 17.4. The van der Waals surface area contributed by atoms with E-state index in [9.17, 15) is 21.0 Å². The van der Waals surface area contributed by atoms with E-state index in [1.807, 2.05) is 24.3 Å². The summed E-state index contributed by atoms with van der Waals surface area (Å²) in [6.07, 6.45) is 1.65. The van der Waals surface area contributed by atoms with Gasteiger partial charge in [-0.2, -0.15) is 21.0 Å². The number of benzene rings is 2. The minimum absolute atomic E-state index is 0.243. The number of nitriles is 4. The van der Waals surface area contributed by atoms with Gasteiger partial charge in [-0.3, -0.25) is 0 Å². The van der Waals surface area contributed by atoms with Crippen molar-refractivity contribution < 1.29 is 9.13 Å². The number of halogens is 2. The molecule has 6 rings (SSSR count). The summed E-state index contributed by atoms with van der Waals surface area (Å²) in [6.45, 7) is 3.29. The van der Waals surface area contributed by atoms with Crippen LogP contribution in [-0.2, 0) is 9.13 Å². The summed E-state index contributed by atoms with van der Waals surface area (Å²) in [5, 5.41) is 43.8. The molecule has 2 aromatic carbocycles. The molecule has 0 radical (unpaired) electrons. The van der Waals surface area contributed by atoms with Crippen LogP contribution in [0.1, 0.15) is 13.8 Å². The maximum atomic E-state index is 15.9. The summed E-state index contributed by atoms with van der Waals surface area (Å²) in [5.74, 6) is -1.28. The lowest BCUT2D eigenvalue weighted by Crippen LogP contribution is -2.78. The SMILES string of the molecule is CC1=C2[C@H]3[C@H]4C(C#N)(C#N)C(C#N)(C#N)[C@@]4(Cl)C(C)=C([C@H](C=C1Cl)P2(=O)c1ccccc1)P3(=O)c1ccccc1. The number of hydrogen-bond acceptors (Lipinski definition) is 6. The van der Waals surface area contributed by atoms with Gasteiger partial charge in [0.05, 0.1) is 35.6 Å². The summed E-state index contributed by atoms with van der Waals surface area (Å²) >= 11 is 14.2. The highest BCUT2D eigenvalue weighted by molar-refractivity contribution is 7.85. The number of fused-ring (bicyclic) bond motifs is 8. The Morgan fingerprint density at radius 2 is 1.27 bits per heavy atom. The second kappa shape index (κ2) is 8.34. The molecule has 196 valence electrons. The molecule has 1 saturated carbocycles. The lowest BCUT2D eigenvalue weighted by molar-refractivity contribution is -0.0101. The molecular formula is C30H20Cl2N4O2P2. The van der Waals surface area contributed by atoms with Crippen LogP contribution in [0.3, 0.4) is 0 Å². The average Bonchev–Trinajstić information content (AvgIpc) is 2.97. The van der Waals surface area contributed by atoms with E-state index in [-0.39, 0.29) is 10.9 Å². The van der Waals surface area contributed by atoms with Crippen molar-refractivity contribution in [3.8, 4) is 24.3 Å². The summed E-state index contributed by atoms with van der Waals surface area (Å²) in [7, 11) is -7.45. The molecule has 3 heterocycles. The Morgan fingerprint density at radius 1 is 0.775 bits per heavy atom. The zero-order valence-electron chi connectivity index (χ0n) is 21.3. The van der Waals surface area contributed by atoms with Gasteiger partial charge in [0.25, 0.3) is 0 Å². The Bertz CT molecular complexity index is 1860. The predicted molar refractivity (Wildman–Crippen MR) is 154 cm³/mol. The van der Waals surface area contributed by atoms with Gasteiger partial charge in [-0.05, 0) is 31.1 Å². The highest BCUT2D eigenvalue weighted by Gasteiger charge is 2.89. The molecule has 10 heteroatoms. The lowest BCUT2D eigenvalue weighted by Gasteiger charge is -2.69. The van der Waals surface area contributed by atoms with Crippen LogP contribution in [0.4, 0.5) is 0 Å². The van der Waals surface area contributed by atoms with Gasteiger partial charge in [0.1, 0.15) is 12.0 Å². The molecule has 4 aliphatic rings. The first-order chi connectivity index (χ1) is 19.0. The van der Waals surface area contributed by atoms with E-state index >= 15 is 9.13 Å². The molecule has 3 aliphatic heterocycles. The Balaban J connectivity index is 1.87. The number of allylic oxidation sites excluding steroid dienone is 6. The minimum atomic E-state index is -3.81. The third kappa shape index (κ3) is 2.53. The molecule has 2 aromatic rings. The van der Waals surface area contributed by atoms with Gasteiger partial charge in [0, 0.05) is 32.2 Å². The van der Waals surface area contributed by atoms with E-state index in [1.54, 1.807) is 80.6 Å². The molecule has 2 unspecified atom stereocenters. The lowest BCUT2D eigenvalue weighted by atomic mass is 9.36. The first-order valence-electron chi connectivity index (χ1n) is 12.5. The molecule has 6 nitrogen and oxygen atoms in total. The Labute approximate surface area is 242 Å². The molecule has 2 fully saturated rings. The molecule has 0 N–H and O–H groups in total. The fourth-order valence-corrected chi connectivity index (χ4v) is 18.4. The van der Waals surface area contributed by atoms with Crippen molar-refractivity contribution in [1.82, 2.24) is 0 Å². The second-order valence-electron chi connectivity index (χ2n) is 10.6. The number of rotatable bonds is 2. The molecule has 40 heavy (non-hydrogen) atoms. The fourth-order valence-electron chi connectivity index (χ4n) is 7.64. The Hall–Kier alpha value is -3.34. The summed E-state index contributed by atoms with van der Waals surface area (Å²) < 4.78 is 31.5. The first kappa shape index (κ1) is 26.9. The van der Waals surface area contributed by atoms with Crippen molar-refractivity contribution in [3.63, 3.8) is 0 Å². The van der Waals surface area contributed by atoms with Gasteiger partial charge in [-0.25, -0.2) is 0 Å². The van der Waals surface area contributed by atoms with Crippen molar-refractivity contribution in [2.75, 3.05) is 0 Å². The Kier molecular flexibility index (Phi) is 5.60. The van der Waals surface area contributed by atoms with Gasteiger partial charge < -0.3 is 9.13 Å². The minimum Gasteiger partial charge on any atom is -0.313 e. The summed E-state index contributed by atoms with van der Waals surface area (Å²) in [6, 6.07) is 25.4. The van der Waals surface area contributed by atoms with E-state index in [2.05, 4.69) is 0 Å². The maximum Gasteiger partial charge on any atom is 0.198 e. The van der Waals surface area contributed by atoms with Crippen LogP contribution < -0.4 is 10.6 Å². The van der Waals surface area contributed by atoms with Crippen molar-refractivity contribution >= 4 is 48.1 Å². The molecule has 1 aliphatic carbocycles. The van der Waals surface area contributed by atoms with Gasteiger partial charge in [-0.1, -0.05) is 72.3 Å². The molecule has 1 saturated heterocycles. The van der Waals surface area contributed by atoms with Crippen LogP contribution in [-0.4, -0.2) is 16.2 Å². The molecule has 4 bridgehead atoms. The quantitative estimate of drug-likeness (QED) is 0.286. The number of alkyl halides is 1. The van der Waals surface area contributed by atoms with Crippen LogP contribution in [0.15, 0.2) is 93.5 Å². The molecular weight excluding hydrogens is 581 g/mol. The van der Waals surface area contributed by atoms with Crippen LogP contribution in [0.5, 0.6) is 0 Å². The van der Waals surface area contributed by atoms with E-state index in [1.165, 1.54) is 0 Å². The van der Waals surface area contributed by atoms with Crippen molar-refractivity contribution in [3.05, 3.63) is 93.5 Å². The smallest absolute Gasteiger partial charge is 0.198 e. The third-order valence-corrected chi connectivity index (χ3v) is 18.3. The molecule has 6 atom stereocenters. The van der Waals surface area contributed by atoms with E-state index in [0.29, 0.717) is 26.5 Å². The average molecular weight is 601 g/mol. The molecule has 0 aromatic heterocycles. The number of nitrogens with zero attached hydrogens (tertiary/aromatic N) is 4. The topological polar surface area (TPSA) is 129 Å². The van der Waals surface area contributed by atoms with E-state index in [0.717, 1.165) is 0 Å². The van der Waals surface area contributed by atoms with Crippen LogP contribution in [0.25, 0.3) is 0 Å². The van der Waals surface area contributed by atoms with Gasteiger partial charge >= 0.3 is 0 Å². The largest absolute Gasteiger partial charge is 0.313 e. The van der Waals surface area contributed by atoms with Gasteiger partial charge in [0.2, 0.25) is 0 Å². The van der Waals surface area contributed by atoms with Crippen LogP contribution >= 0.6 is 37.5 Å². The van der Waals surface area contributed by atoms with E-state index < -0.39 is 47.2 Å². The van der Waals surface area contributed by atoms with Crippen molar-refractivity contribution in [2.45, 2.75) is 30.0 Å². The van der Waals surface area contributed by atoms with E-state index in [4.69, 9.17) is 23.2 Å². The summed E-state index contributed by atoms with van der Waals surface area (Å²) in [5.41, 5.74) is -5.98. The van der Waals surface area contributed by atoms with Crippen molar-refractivity contribution in [1.29, 1.82) is 21.0 Å². The van der Waals surface area contributed by atoms with Crippen LogP contribution in [0.2, 0.25) is 0 Å². The standard InChI is InChI=1S/C30H20Cl2N4O2P2/c1-18-22(31)13-23-25-19(2)30(32)27(28(14-33,15-34)29(30,16-35)17-36)26(40(25,38)21-11-7-4-8-12-21)24(18)39(23,37)20-9-5-3-6-10-20/h3-13,23,26-27H,1-2H3/t23-,26-,27-,30+,39?,40?/m0/s1. The molecule has 0 amide bonds. The Morgan fingerprint density at radius 3 is 1.75 bits per heavy atom. The van der Waals surface area contributed by atoms with Gasteiger partial charge in [0.15, 0.2) is 18.0 Å². The zero-order chi connectivity index (χ0) is 28.9. The highest BCUT2D eigenvalue weighted by atomic mass is 35.5. The zero-order valence-corrected chi connectivity index (χ0v) is 24.6.